The molecule has 3 N–H and O–H groups in total. The van der Waals surface area contributed by atoms with Gasteiger partial charge in [0.2, 0.25) is 0 Å². The van der Waals surface area contributed by atoms with Crippen LogP contribution in [0.1, 0.15) is 20.7 Å². The largest absolute Gasteiger partial charge is 0.389 e. The van der Waals surface area contributed by atoms with E-state index >= 15 is 0 Å². The highest BCUT2D eigenvalue weighted by Crippen LogP contribution is 2.32. The lowest BCUT2D eigenvalue weighted by Gasteiger charge is -2.36. The van der Waals surface area contributed by atoms with E-state index in [1.807, 2.05) is 45.2 Å². The number of hydrogen-bond acceptors (Lipinski definition) is 6. The summed E-state index contributed by atoms with van der Waals surface area (Å²) in [5.74, 6) is -7.49. The zero-order chi connectivity index (χ0) is 34.9. The normalized spacial score (nSPS) is 14.1. The van der Waals surface area contributed by atoms with Crippen LogP contribution in [0.5, 0.6) is 0 Å². The second-order valence-electron chi connectivity index (χ2n) is 10.6. The number of aliphatic hydroxyl groups excluding tert-OH is 1. The number of carbonyl (C=O) groups excluding carboxylic acids is 3. The first-order valence-electron chi connectivity index (χ1n) is 13.9. The smallest absolute Gasteiger partial charge is 0.256 e. The number of aliphatic hydroxyl groups is 1. The highest BCUT2D eigenvalue weighted by atomic mass is 127. The molecule has 4 aromatic rings. The lowest BCUT2D eigenvalue weighted by atomic mass is 10.1. The summed E-state index contributed by atoms with van der Waals surface area (Å²) in [5, 5.41) is 14.2. The van der Waals surface area contributed by atoms with Crippen molar-refractivity contribution in [2.24, 2.45) is 0 Å². The predicted octanol–water partition coefficient (Wildman–Crippen LogP) is 6.75. The van der Waals surface area contributed by atoms with Gasteiger partial charge in [0.1, 0.15) is 11.6 Å². The maximum atomic E-state index is 14.2. The van der Waals surface area contributed by atoms with E-state index in [0.717, 1.165) is 24.3 Å². The Hall–Kier alpha value is -3.91. The fraction of sp³-hybridized carbons (Fsp3) is 0.156. The Morgan fingerprint density at radius 2 is 1.06 bits per heavy atom. The van der Waals surface area contributed by atoms with Crippen LogP contribution >= 0.6 is 45.2 Å². The summed E-state index contributed by atoms with van der Waals surface area (Å²) in [5.41, 5.74) is -1.34. The summed E-state index contributed by atoms with van der Waals surface area (Å²) < 4.78 is 84.7. The van der Waals surface area contributed by atoms with E-state index in [9.17, 15) is 45.8 Å². The summed E-state index contributed by atoms with van der Waals surface area (Å²) in [4.78, 5) is 38.2. The van der Waals surface area contributed by atoms with E-state index in [0.29, 0.717) is 7.14 Å². The van der Waals surface area contributed by atoms with Crippen LogP contribution in [-0.4, -0.2) is 64.8 Å². The minimum Gasteiger partial charge on any atom is -0.389 e. The lowest BCUT2D eigenvalue weighted by Crippen LogP contribution is -2.53. The average Bonchev–Trinajstić information content (AvgIpc) is 3.01. The van der Waals surface area contributed by atoms with Crippen molar-refractivity contribution in [1.29, 1.82) is 0 Å². The van der Waals surface area contributed by atoms with Gasteiger partial charge in [-0.25, -0.2) is 26.3 Å². The van der Waals surface area contributed by atoms with Crippen LogP contribution in [0.3, 0.4) is 0 Å². The van der Waals surface area contributed by atoms with E-state index in [-0.39, 0.29) is 54.5 Å². The topological polar surface area (TPSA) is 102 Å². The monoisotopic (exact) mass is 894 g/mol. The van der Waals surface area contributed by atoms with Gasteiger partial charge in [-0.2, -0.15) is 0 Å². The molecule has 2 heterocycles. The molecule has 0 aromatic heterocycles. The molecular weight excluding hydrogens is 872 g/mol. The molecule has 8 nitrogen and oxygen atoms in total. The third kappa shape index (κ3) is 7.70. The van der Waals surface area contributed by atoms with Gasteiger partial charge in [-0.1, -0.05) is 0 Å². The summed E-state index contributed by atoms with van der Waals surface area (Å²) >= 11 is 3.83. The average molecular weight is 894 g/mol. The van der Waals surface area contributed by atoms with Crippen LogP contribution in [0.25, 0.3) is 0 Å². The Kier molecular flexibility index (Phi) is 10.8. The first kappa shape index (κ1) is 35.4. The van der Waals surface area contributed by atoms with Gasteiger partial charge in [0.05, 0.1) is 53.1 Å². The first-order valence-corrected chi connectivity index (χ1v) is 16.1. The molecule has 250 valence electrons. The molecule has 0 unspecified atom stereocenters. The number of anilines is 4. The number of nitrogens with one attached hydrogen (secondary N) is 2. The number of ketones is 1. The van der Waals surface area contributed by atoms with Crippen molar-refractivity contribution in [2.75, 3.05) is 36.8 Å². The molecular formula is C32H22F6I2N4O4. The zero-order valence-corrected chi connectivity index (χ0v) is 28.6. The number of carbonyl (C=O) groups is 3. The minimum absolute atomic E-state index is 0.0717. The Balaban J connectivity index is 0.000000188. The van der Waals surface area contributed by atoms with Gasteiger partial charge < -0.3 is 25.5 Å². The van der Waals surface area contributed by atoms with Crippen LogP contribution < -0.4 is 10.6 Å². The number of rotatable bonds is 6. The molecule has 48 heavy (non-hydrogen) atoms. The van der Waals surface area contributed by atoms with E-state index < -0.39 is 64.2 Å². The number of benzene rings is 4. The van der Waals surface area contributed by atoms with Crippen LogP contribution in [0.2, 0.25) is 0 Å². The van der Waals surface area contributed by atoms with Gasteiger partial charge in [-0.05, 0) is 106 Å². The lowest BCUT2D eigenvalue weighted by molar-refractivity contribution is -0.127. The van der Waals surface area contributed by atoms with Crippen molar-refractivity contribution in [3.05, 3.63) is 114 Å². The maximum absolute atomic E-state index is 14.2. The molecule has 0 atom stereocenters. The molecule has 0 aliphatic carbocycles. The van der Waals surface area contributed by atoms with Gasteiger partial charge >= 0.3 is 0 Å². The zero-order valence-electron chi connectivity index (χ0n) is 24.3. The highest BCUT2D eigenvalue weighted by Gasteiger charge is 2.33. The quantitative estimate of drug-likeness (QED) is 0.147. The number of nitrogens with zero attached hydrogens (tertiary/aromatic N) is 2. The number of Topliss-reactive ketones (excluding diaryl/α,β-unsaturated/α-hetero) is 1. The van der Waals surface area contributed by atoms with E-state index in [1.165, 1.54) is 34.1 Å². The van der Waals surface area contributed by atoms with E-state index in [4.69, 9.17) is 0 Å². The molecule has 2 fully saturated rings. The van der Waals surface area contributed by atoms with Gasteiger partial charge in [-0.15, -0.1) is 0 Å². The molecule has 6 rings (SSSR count). The van der Waals surface area contributed by atoms with Crippen molar-refractivity contribution in [2.45, 2.75) is 6.10 Å². The first-order chi connectivity index (χ1) is 22.7. The van der Waals surface area contributed by atoms with Gasteiger partial charge in [0.25, 0.3) is 11.8 Å². The molecule has 0 spiro atoms. The summed E-state index contributed by atoms with van der Waals surface area (Å²) in [6.07, 6.45) is -0.621. The summed E-state index contributed by atoms with van der Waals surface area (Å²) in [7, 11) is 0. The molecule has 2 aliphatic heterocycles. The van der Waals surface area contributed by atoms with Gasteiger partial charge in [0, 0.05) is 20.2 Å². The Labute approximate surface area is 296 Å². The third-order valence-electron chi connectivity index (χ3n) is 7.20. The molecule has 16 heteroatoms. The van der Waals surface area contributed by atoms with Crippen molar-refractivity contribution in [1.82, 2.24) is 9.80 Å². The Morgan fingerprint density at radius 1 is 0.646 bits per heavy atom. The van der Waals surface area contributed by atoms with E-state index in [2.05, 4.69) is 10.6 Å². The Bertz CT molecular complexity index is 1940. The number of likely N-dealkylation sites (tertiary alicyclic amines) is 2. The SMILES string of the molecule is O=C(c1ccc(F)c(F)c1Nc1ccc(I)cc1F)N1CC(O)C1.O=C1CN(C(=O)c2ccc(F)c(F)c2Nc2ccc(I)cc2F)C1. The summed E-state index contributed by atoms with van der Waals surface area (Å²) in [6.45, 7) is 0.0919. The van der Waals surface area contributed by atoms with Crippen molar-refractivity contribution >= 4 is 85.5 Å². The number of hydrogen-bond donors (Lipinski definition) is 3. The fourth-order valence-electron chi connectivity index (χ4n) is 4.64. The van der Waals surface area contributed by atoms with Crippen molar-refractivity contribution in [3.63, 3.8) is 0 Å². The molecule has 0 radical (unpaired) electrons. The molecule has 2 amide bonds. The molecule has 2 aliphatic rings. The fourth-order valence-corrected chi connectivity index (χ4v) is 5.54. The van der Waals surface area contributed by atoms with Crippen LogP contribution in [0, 0.1) is 42.0 Å². The third-order valence-corrected chi connectivity index (χ3v) is 8.55. The summed E-state index contributed by atoms with van der Waals surface area (Å²) in [6, 6.07) is 12.3. The minimum atomic E-state index is -1.29. The van der Waals surface area contributed by atoms with Crippen LogP contribution in [0.15, 0.2) is 60.7 Å². The van der Waals surface area contributed by atoms with Crippen molar-refractivity contribution < 1.29 is 45.8 Å². The second-order valence-corrected chi connectivity index (χ2v) is 13.1. The predicted molar refractivity (Wildman–Crippen MR) is 180 cm³/mol. The Morgan fingerprint density at radius 3 is 1.44 bits per heavy atom. The molecule has 0 saturated carbocycles. The van der Waals surface area contributed by atoms with Crippen LogP contribution in [-0.2, 0) is 4.79 Å². The van der Waals surface area contributed by atoms with Gasteiger partial charge in [-0.3, -0.25) is 14.4 Å². The maximum Gasteiger partial charge on any atom is 0.256 e. The second kappa shape index (κ2) is 14.7. The molecule has 2 saturated heterocycles. The van der Waals surface area contributed by atoms with Crippen molar-refractivity contribution in [3.8, 4) is 0 Å². The van der Waals surface area contributed by atoms with E-state index in [1.54, 1.807) is 12.1 Å². The van der Waals surface area contributed by atoms with Crippen LogP contribution in [0.4, 0.5) is 49.1 Å². The number of amides is 2. The van der Waals surface area contributed by atoms with Gasteiger partial charge in [0.15, 0.2) is 29.1 Å². The molecule has 4 aromatic carbocycles. The highest BCUT2D eigenvalue weighted by molar-refractivity contribution is 14.1. The number of halogens is 8. The number of β-amino-alcohol motifs (C(OH)–C–C–N with tert-alkyl or cyclic N) is 1. The molecule has 0 bridgehead atoms. The standard InChI is InChI=1S/C16H12F3IN2O2.C16H10F3IN2O2/c2*17-11-3-2-10(16(24)22-6-9(23)7-22)15(14(11)19)21-13-4-1-8(20)5-12(13)18/h1-5,9,21,23H,6-7H2;1-5,21H,6-7H2.